The summed E-state index contributed by atoms with van der Waals surface area (Å²) in [4.78, 5) is 12.9. The van der Waals surface area contributed by atoms with E-state index in [4.69, 9.17) is 16.0 Å². The largest absolute Gasteiger partial charge is 0.455 e. The zero-order valence-electron chi connectivity index (χ0n) is 12.9. The van der Waals surface area contributed by atoms with Crippen LogP contribution >= 0.6 is 27.5 Å². The minimum absolute atomic E-state index is 0.166. The van der Waals surface area contributed by atoms with Crippen molar-refractivity contribution in [3.05, 3.63) is 81.7 Å². The molecule has 0 unspecified atom stereocenters. The molecular weight excluding hydrogens is 426 g/mol. The van der Waals surface area contributed by atoms with Gasteiger partial charge in [0.05, 0.1) is 22.2 Å². The second-order valence-corrected chi connectivity index (χ2v) is 7.89. The van der Waals surface area contributed by atoms with Crippen LogP contribution < -0.4 is 5.32 Å². The van der Waals surface area contributed by atoms with Crippen molar-refractivity contribution in [1.82, 2.24) is 0 Å². The molecule has 0 saturated carbocycles. The smallest absolute Gasteiger partial charge is 0.291 e. The summed E-state index contributed by atoms with van der Waals surface area (Å²) in [7, 11) is -1.28. The van der Waals surface area contributed by atoms with Crippen LogP contribution in [0.5, 0.6) is 0 Å². The molecule has 0 saturated heterocycles. The summed E-state index contributed by atoms with van der Waals surface area (Å²) >= 11 is 9.20. The van der Waals surface area contributed by atoms with Gasteiger partial charge in [-0.3, -0.25) is 9.00 Å². The van der Waals surface area contributed by atoms with Gasteiger partial charge in [0.2, 0.25) is 0 Å². The van der Waals surface area contributed by atoms with E-state index in [1.54, 1.807) is 42.5 Å². The first-order chi connectivity index (χ1) is 12.0. The molecule has 1 atom stereocenters. The Labute approximate surface area is 160 Å². The lowest BCUT2D eigenvalue weighted by Crippen LogP contribution is -2.11. The predicted molar refractivity (Wildman–Crippen MR) is 102 cm³/mol. The van der Waals surface area contributed by atoms with E-state index in [9.17, 15) is 9.00 Å². The lowest BCUT2D eigenvalue weighted by molar-refractivity contribution is 0.0995. The second kappa shape index (κ2) is 7.99. The molecular formula is C18H13BrClNO3S. The zero-order chi connectivity index (χ0) is 17.8. The van der Waals surface area contributed by atoms with Gasteiger partial charge >= 0.3 is 0 Å². The normalized spacial score (nSPS) is 11.9. The van der Waals surface area contributed by atoms with E-state index in [0.717, 1.165) is 4.47 Å². The maximum absolute atomic E-state index is 12.3. The molecule has 0 spiro atoms. The van der Waals surface area contributed by atoms with Gasteiger partial charge in [0, 0.05) is 14.4 Å². The number of nitrogens with one attached hydrogen (secondary N) is 1. The lowest BCUT2D eigenvalue weighted by atomic mass is 10.3. The number of benzene rings is 2. The molecule has 1 heterocycles. The third-order valence-electron chi connectivity index (χ3n) is 3.36. The Morgan fingerprint density at radius 2 is 1.80 bits per heavy atom. The maximum atomic E-state index is 12.3. The molecule has 1 amide bonds. The number of amides is 1. The van der Waals surface area contributed by atoms with Crippen LogP contribution in [0, 0.1) is 0 Å². The molecule has 0 radical (unpaired) electrons. The number of hydrogen-bond acceptors (Lipinski definition) is 3. The molecule has 0 bridgehead atoms. The molecule has 3 aromatic rings. The van der Waals surface area contributed by atoms with Crippen LogP contribution in [0.25, 0.3) is 0 Å². The number of rotatable bonds is 5. The van der Waals surface area contributed by atoms with Gasteiger partial charge in [0.1, 0.15) is 5.76 Å². The first kappa shape index (κ1) is 17.9. The van der Waals surface area contributed by atoms with Crippen molar-refractivity contribution in [2.75, 3.05) is 5.32 Å². The van der Waals surface area contributed by atoms with Crippen LogP contribution in [0.4, 0.5) is 5.69 Å². The average molecular weight is 439 g/mol. The third-order valence-corrected chi connectivity index (χ3v) is 5.65. The summed E-state index contributed by atoms with van der Waals surface area (Å²) in [5, 5.41) is 3.35. The van der Waals surface area contributed by atoms with Crippen molar-refractivity contribution >= 4 is 49.9 Å². The minimum atomic E-state index is -1.28. The number of halogens is 2. The highest BCUT2D eigenvalue weighted by Crippen LogP contribution is 2.23. The monoisotopic (exact) mass is 437 g/mol. The van der Waals surface area contributed by atoms with Crippen molar-refractivity contribution in [3.63, 3.8) is 0 Å². The zero-order valence-corrected chi connectivity index (χ0v) is 16.0. The summed E-state index contributed by atoms with van der Waals surface area (Å²) in [5.41, 5.74) is 0.648. The van der Waals surface area contributed by atoms with Gasteiger partial charge in [0.25, 0.3) is 5.91 Å². The SMILES string of the molecule is O=C(Nc1ccccc1Br)c1ccc(C[S@@](=O)c2ccc(Cl)cc2)o1. The molecule has 0 fully saturated rings. The van der Waals surface area contributed by atoms with Gasteiger partial charge in [-0.25, -0.2) is 0 Å². The Bertz CT molecular complexity index is 924. The molecule has 7 heteroatoms. The highest BCUT2D eigenvalue weighted by Gasteiger charge is 2.14. The number of para-hydroxylation sites is 1. The van der Waals surface area contributed by atoms with Gasteiger partial charge < -0.3 is 9.73 Å². The van der Waals surface area contributed by atoms with Gasteiger partial charge in [-0.1, -0.05) is 23.7 Å². The molecule has 2 aromatic carbocycles. The van der Waals surface area contributed by atoms with Crippen molar-refractivity contribution < 1.29 is 13.4 Å². The predicted octanol–water partition coefficient (Wildman–Crippen LogP) is 5.26. The Morgan fingerprint density at radius 1 is 1.08 bits per heavy atom. The molecule has 3 rings (SSSR count). The van der Waals surface area contributed by atoms with Crippen molar-refractivity contribution in [2.45, 2.75) is 10.6 Å². The summed E-state index contributed by atoms with van der Waals surface area (Å²) in [5.74, 6) is 0.462. The number of carbonyl (C=O) groups excluding carboxylic acids is 1. The first-order valence-electron chi connectivity index (χ1n) is 7.31. The van der Waals surface area contributed by atoms with Gasteiger partial charge in [-0.15, -0.1) is 0 Å². The Hall–Kier alpha value is -1.89. The highest BCUT2D eigenvalue weighted by molar-refractivity contribution is 9.10. The molecule has 1 N–H and O–H groups in total. The summed E-state index contributed by atoms with van der Waals surface area (Å²) in [6, 6.07) is 17.3. The maximum Gasteiger partial charge on any atom is 0.291 e. The summed E-state index contributed by atoms with van der Waals surface area (Å²) < 4.78 is 18.6. The average Bonchev–Trinajstić information content (AvgIpc) is 3.06. The van der Waals surface area contributed by atoms with E-state index in [2.05, 4.69) is 21.2 Å². The fraction of sp³-hybridized carbons (Fsp3) is 0.0556. The molecule has 0 aliphatic rings. The second-order valence-electron chi connectivity index (χ2n) is 5.14. The summed E-state index contributed by atoms with van der Waals surface area (Å²) in [6.45, 7) is 0. The van der Waals surface area contributed by atoms with E-state index in [1.807, 2.05) is 18.2 Å². The van der Waals surface area contributed by atoms with E-state index in [0.29, 0.717) is 21.4 Å². The molecule has 0 aliphatic carbocycles. The van der Waals surface area contributed by atoms with Crippen LogP contribution in [0.3, 0.4) is 0 Å². The fourth-order valence-corrected chi connectivity index (χ4v) is 3.65. The minimum Gasteiger partial charge on any atom is -0.455 e. The van der Waals surface area contributed by atoms with Crippen LogP contribution in [0.2, 0.25) is 5.02 Å². The Balaban J connectivity index is 1.67. The van der Waals surface area contributed by atoms with E-state index < -0.39 is 10.8 Å². The van der Waals surface area contributed by atoms with Crippen LogP contribution in [0.15, 0.2) is 74.4 Å². The molecule has 4 nitrogen and oxygen atoms in total. The van der Waals surface area contributed by atoms with Gasteiger partial charge in [-0.2, -0.15) is 0 Å². The molecule has 128 valence electrons. The quantitative estimate of drug-likeness (QED) is 0.591. The van der Waals surface area contributed by atoms with Crippen LogP contribution in [-0.4, -0.2) is 10.1 Å². The van der Waals surface area contributed by atoms with Crippen LogP contribution in [-0.2, 0) is 16.6 Å². The van der Waals surface area contributed by atoms with Gasteiger partial charge in [-0.05, 0) is 64.5 Å². The summed E-state index contributed by atoms with van der Waals surface area (Å²) in [6.07, 6.45) is 0. The van der Waals surface area contributed by atoms with Crippen molar-refractivity contribution in [1.29, 1.82) is 0 Å². The molecule has 1 aromatic heterocycles. The van der Waals surface area contributed by atoms with Gasteiger partial charge in [0.15, 0.2) is 5.76 Å². The van der Waals surface area contributed by atoms with Crippen molar-refractivity contribution in [3.8, 4) is 0 Å². The Morgan fingerprint density at radius 3 is 2.52 bits per heavy atom. The number of anilines is 1. The number of furan rings is 1. The van der Waals surface area contributed by atoms with E-state index in [-0.39, 0.29) is 17.4 Å². The third kappa shape index (κ3) is 4.60. The highest BCUT2D eigenvalue weighted by atomic mass is 79.9. The lowest BCUT2D eigenvalue weighted by Gasteiger charge is -2.05. The molecule has 25 heavy (non-hydrogen) atoms. The van der Waals surface area contributed by atoms with Crippen molar-refractivity contribution in [2.24, 2.45) is 0 Å². The number of carbonyl (C=O) groups is 1. The number of hydrogen-bond donors (Lipinski definition) is 1. The fourth-order valence-electron chi connectivity index (χ4n) is 2.12. The standard InChI is InChI=1S/C18H13BrClNO3S/c19-15-3-1-2-4-16(15)21-18(22)17-10-7-13(24-17)11-25(23)14-8-5-12(20)6-9-14/h1-10H,11H2,(H,21,22)/t25-/m1/s1. The molecule has 0 aliphatic heterocycles. The van der Waals surface area contributed by atoms with Crippen LogP contribution in [0.1, 0.15) is 16.3 Å². The Kier molecular flexibility index (Phi) is 5.73. The first-order valence-corrected chi connectivity index (χ1v) is 9.80. The van der Waals surface area contributed by atoms with E-state index >= 15 is 0 Å². The topological polar surface area (TPSA) is 59.3 Å². The van der Waals surface area contributed by atoms with E-state index in [1.165, 1.54) is 0 Å².